The Kier molecular flexibility index (Phi) is 5.54. The van der Waals surface area contributed by atoms with Crippen molar-refractivity contribution in [1.29, 1.82) is 0 Å². The SMILES string of the molecule is CCCCc1nc2nc(C)c(Br)c(C)c2n1-c1ccc(CCO)cc1. The topological polar surface area (TPSA) is 50.9 Å². The lowest BCUT2D eigenvalue weighted by Gasteiger charge is -2.12. The molecule has 2 heterocycles. The molecule has 0 spiro atoms. The second-order valence-corrected chi connectivity index (χ2v) is 7.21. The first-order valence-electron chi connectivity index (χ1n) is 8.81. The summed E-state index contributed by atoms with van der Waals surface area (Å²) in [6.07, 6.45) is 3.85. The van der Waals surface area contributed by atoms with Crippen LogP contribution in [0.25, 0.3) is 16.9 Å². The van der Waals surface area contributed by atoms with Crippen LogP contribution in [-0.2, 0) is 12.8 Å². The van der Waals surface area contributed by atoms with E-state index in [1.807, 2.05) is 6.92 Å². The van der Waals surface area contributed by atoms with Crippen LogP contribution in [0.3, 0.4) is 0 Å². The Morgan fingerprint density at radius 3 is 2.44 bits per heavy atom. The zero-order chi connectivity index (χ0) is 18.0. The number of halogens is 1. The van der Waals surface area contributed by atoms with Gasteiger partial charge in [-0.2, -0.15) is 0 Å². The molecule has 3 rings (SSSR count). The van der Waals surface area contributed by atoms with E-state index < -0.39 is 0 Å². The fraction of sp³-hybridized carbons (Fsp3) is 0.400. The summed E-state index contributed by atoms with van der Waals surface area (Å²) < 4.78 is 3.28. The predicted octanol–water partition coefficient (Wildman–Crippen LogP) is 4.68. The van der Waals surface area contributed by atoms with Gasteiger partial charge in [0.05, 0.1) is 11.2 Å². The number of hydrogen-bond acceptors (Lipinski definition) is 3. The largest absolute Gasteiger partial charge is 0.396 e. The van der Waals surface area contributed by atoms with Gasteiger partial charge in [-0.25, -0.2) is 9.97 Å². The third-order valence-electron chi connectivity index (χ3n) is 4.55. The van der Waals surface area contributed by atoms with Crippen LogP contribution in [0.15, 0.2) is 28.7 Å². The fourth-order valence-corrected chi connectivity index (χ4v) is 3.45. The van der Waals surface area contributed by atoms with Crippen LogP contribution >= 0.6 is 15.9 Å². The van der Waals surface area contributed by atoms with Gasteiger partial charge in [-0.15, -0.1) is 0 Å². The van der Waals surface area contributed by atoms with E-state index in [1.165, 1.54) is 0 Å². The second-order valence-electron chi connectivity index (χ2n) is 6.42. The number of rotatable bonds is 6. The number of imidazole rings is 1. The number of pyridine rings is 1. The van der Waals surface area contributed by atoms with Gasteiger partial charge in [0.1, 0.15) is 5.82 Å². The van der Waals surface area contributed by atoms with Crippen molar-refractivity contribution in [3.05, 3.63) is 51.4 Å². The molecule has 0 radical (unpaired) electrons. The highest BCUT2D eigenvalue weighted by molar-refractivity contribution is 9.10. The fourth-order valence-electron chi connectivity index (χ4n) is 3.17. The molecule has 132 valence electrons. The summed E-state index contributed by atoms with van der Waals surface area (Å²) in [6, 6.07) is 8.36. The Morgan fingerprint density at radius 2 is 1.80 bits per heavy atom. The van der Waals surface area contributed by atoms with Crippen LogP contribution in [0.1, 0.15) is 42.4 Å². The van der Waals surface area contributed by atoms with Crippen LogP contribution in [-0.4, -0.2) is 26.2 Å². The number of aryl methyl sites for hydroxylation is 3. The number of aliphatic hydroxyl groups is 1. The Hall–Kier alpha value is -1.72. The van der Waals surface area contributed by atoms with Crippen molar-refractivity contribution in [2.75, 3.05) is 6.61 Å². The predicted molar refractivity (Wildman–Crippen MR) is 105 cm³/mol. The molecular formula is C20H24BrN3O. The lowest BCUT2D eigenvalue weighted by atomic mass is 10.1. The van der Waals surface area contributed by atoms with E-state index in [1.54, 1.807) is 0 Å². The molecule has 0 saturated carbocycles. The number of aromatic nitrogens is 3. The zero-order valence-electron chi connectivity index (χ0n) is 15.0. The van der Waals surface area contributed by atoms with Gasteiger partial charge in [0.2, 0.25) is 0 Å². The average Bonchev–Trinajstić information content (AvgIpc) is 2.97. The second kappa shape index (κ2) is 7.67. The van der Waals surface area contributed by atoms with Crippen molar-refractivity contribution in [2.24, 2.45) is 0 Å². The van der Waals surface area contributed by atoms with Crippen LogP contribution in [0, 0.1) is 13.8 Å². The standard InChI is InChI=1S/C20H24BrN3O/c1-4-5-6-17-23-20-19(13(2)18(21)14(3)22-20)24(17)16-9-7-15(8-10-16)11-12-25/h7-10,25H,4-6,11-12H2,1-3H3. The van der Waals surface area contributed by atoms with Crippen molar-refractivity contribution in [2.45, 2.75) is 46.5 Å². The maximum Gasteiger partial charge on any atom is 0.178 e. The lowest BCUT2D eigenvalue weighted by Crippen LogP contribution is -2.03. The van der Waals surface area contributed by atoms with E-state index in [0.717, 1.165) is 63.2 Å². The maximum absolute atomic E-state index is 9.12. The summed E-state index contributed by atoms with van der Waals surface area (Å²) in [4.78, 5) is 9.53. The highest BCUT2D eigenvalue weighted by Crippen LogP contribution is 2.30. The molecule has 4 nitrogen and oxygen atoms in total. The number of fused-ring (bicyclic) bond motifs is 1. The van der Waals surface area contributed by atoms with Gasteiger partial charge >= 0.3 is 0 Å². The van der Waals surface area contributed by atoms with Crippen LogP contribution < -0.4 is 0 Å². The van der Waals surface area contributed by atoms with Crippen molar-refractivity contribution >= 4 is 27.1 Å². The molecule has 0 aliphatic rings. The third-order valence-corrected chi connectivity index (χ3v) is 5.72. The Balaban J connectivity index is 2.20. The van der Waals surface area contributed by atoms with Crippen molar-refractivity contribution in [3.63, 3.8) is 0 Å². The van der Waals surface area contributed by atoms with Gasteiger partial charge in [0.15, 0.2) is 5.65 Å². The molecule has 1 aromatic carbocycles. The number of benzene rings is 1. The Morgan fingerprint density at radius 1 is 1.08 bits per heavy atom. The molecule has 25 heavy (non-hydrogen) atoms. The van der Waals surface area contributed by atoms with Crippen molar-refractivity contribution in [3.8, 4) is 5.69 Å². The molecule has 1 N–H and O–H groups in total. The molecule has 0 amide bonds. The highest BCUT2D eigenvalue weighted by atomic mass is 79.9. The number of hydrogen-bond donors (Lipinski definition) is 1. The zero-order valence-corrected chi connectivity index (χ0v) is 16.6. The van der Waals surface area contributed by atoms with E-state index in [-0.39, 0.29) is 6.61 Å². The van der Waals surface area contributed by atoms with Gasteiger partial charge in [-0.05, 0) is 65.9 Å². The van der Waals surface area contributed by atoms with E-state index in [2.05, 4.69) is 63.6 Å². The van der Waals surface area contributed by atoms with E-state index in [0.29, 0.717) is 6.42 Å². The molecule has 0 atom stereocenters. The molecule has 0 fully saturated rings. The summed E-state index contributed by atoms with van der Waals surface area (Å²) in [6.45, 7) is 6.49. The summed E-state index contributed by atoms with van der Waals surface area (Å²) in [7, 11) is 0. The third kappa shape index (κ3) is 3.48. The number of aliphatic hydroxyl groups excluding tert-OH is 1. The van der Waals surface area contributed by atoms with Gasteiger partial charge in [0, 0.05) is 23.2 Å². The maximum atomic E-state index is 9.12. The monoisotopic (exact) mass is 401 g/mol. The molecule has 0 saturated heterocycles. The van der Waals surface area contributed by atoms with E-state index in [9.17, 15) is 0 Å². The van der Waals surface area contributed by atoms with E-state index in [4.69, 9.17) is 10.1 Å². The molecule has 0 bridgehead atoms. The highest BCUT2D eigenvalue weighted by Gasteiger charge is 2.18. The minimum absolute atomic E-state index is 0.171. The first kappa shape index (κ1) is 18.1. The van der Waals surface area contributed by atoms with Crippen LogP contribution in [0.2, 0.25) is 0 Å². The van der Waals surface area contributed by atoms with Gasteiger partial charge in [0.25, 0.3) is 0 Å². The van der Waals surface area contributed by atoms with Gasteiger partial charge in [-0.1, -0.05) is 25.5 Å². The first-order valence-corrected chi connectivity index (χ1v) is 9.60. The first-order chi connectivity index (χ1) is 12.1. The smallest absolute Gasteiger partial charge is 0.178 e. The summed E-state index contributed by atoms with van der Waals surface area (Å²) in [5.74, 6) is 1.06. The number of nitrogens with zero attached hydrogens (tertiary/aromatic N) is 3. The molecule has 5 heteroatoms. The minimum atomic E-state index is 0.171. The lowest BCUT2D eigenvalue weighted by molar-refractivity contribution is 0.299. The minimum Gasteiger partial charge on any atom is -0.396 e. The summed E-state index contributed by atoms with van der Waals surface area (Å²) >= 11 is 3.67. The van der Waals surface area contributed by atoms with E-state index >= 15 is 0 Å². The van der Waals surface area contributed by atoms with Gasteiger partial charge in [-0.3, -0.25) is 4.57 Å². The molecular weight excluding hydrogens is 378 g/mol. The van der Waals surface area contributed by atoms with Gasteiger partial charge < -0.3 is 5.11 Å². The molecule has 0 unspecified atom stereocenters. The summed E-state index contributed by atoms with van der Waals surface area (Å²) in [5, 5.41) is 9.12. The number of unbranched alkanes of at least 4 members (excludes halogenated alkanes) is 1. The quantitative estimate of drug-likeness (QED) is 0.652. The molecule has 2 aromatic heterocycles. The van der Waals surface area contributed by atoms with Crippen molar-refractivity contribution < 1.29 is 5.11 Å². The normalized spacial score (nSPS) is 11.4. The van der Waals surface area contributed by atoms with Crippen LogP contribution in [0.4, 0.5) is 0 Å². The Bertz CT molecular complexity index is 884. The Labute approximate surface area is 157 Å². The van der Waals surface area contributed by atoms with Crippen molar-refractivity contribution in [1.82, 2.24) is 14.5 Å². The molecule has 3 aromatic rings. The molecule has 0 aliphatic heterocycles. The summed E-state index contributed by atoms with van der Waals surface area (Å²) in [5.41, 5.74) is 6.24. The molecule has 0 aliphatic carbocycles. The average molecular weight is 402 g/mol. The van der Waals surface area contributed by atoms with Crippen LogP contribution in [0.5, 0.6) is 0 Å².